The Hall–Kier alpha value is -1.81. The highest BCUT2D eigenvalue weighted by Gasteiger charge is 2.05. The number of rotatable bonds is 6. The van der Waals surface area contributed by atoms with Crippen LogP contribution in [0.15, 0.2) is 53.0 Å². The number of hydrogen-bond acceptors (Lipinski definition) is 2. The Morgan fingerprint density at radius 2 is 1.86 bits per heavy atom. The number of amides is 1. The fourth-order valence-electron chi connectivity index (χ4n) is 1.91. The van der Waals surface area contributed by atoms with Gasteiger partial charge in [0.2, 0.25) is 5.91 Å². The first kappa shape index (κ1) is 15.6. The number of nitrogens with one attached hydrogen (secondary N) is 1. The van der Waals surface area contributed by atoms with E-state index in [1.165, 1.54) is 0 Å². The second-order valence-corrected chi connectivity index (χ2v) is 5.60. The highest BCUT2D eigenvalue weighted by Crippen LogP contribution is 2.21. The molecule has 110 valence electrons. The molecule has 0 heterocycles. The highest BCUT2D eigenvalue weighted by molar-refractivity contribution is 9.10. The minimum absolute atomic E-state index is 0.00437. The molecule has 1 N–H and O–H groups in total. The molecule has 2 aromatic rings. The predicted molar refractivity (Wildman–Crippen MR) is 88.7 cm³/mol. The van der Waals surface area contributed by atoms with Crippen LogP contribution in [-0.4, -0.2) is 12.5 Å². The van der Waals surface area contributed by atoms with Crippen LogP contribution in [0.25, 0.3) is 0 Å². The first-order valence-electron chi connectivity index (χ1n) is 6.89. The van der Waals surface area contributed by atoms with Gasteiger partial charge in [0, 0.05) is 10.9 Å². The first-order valence-corrected chi connectivity index (χ1v) is 7.69. The van der Waals surface area contributed by atoms with Crippen LogP contribution < -0.4 is 10.1 Å². The number of aryl methyl sites for hydroxylation is 1. The van der Waals surface area contributed by atoms with Crippen molar-refractivity contribution in [2.24, 2.45) is 0 Å². The number of carbonyl (C=O) groups excluding carboxylic acids is 1. The van der Waals surface area contributed by atoms with Crippen molar-refractivity contribution in [2.45, 2.75) is 19.8 Å². The van der Waals surface area contributed by atoms with Gasteiger partial charge in [-0.15, -0.1) is 0 Å². The summed E-state index contributed by atoms with van der Waals surface area (Å²) in [7, 11) is 0. The Morgan fingerprint density at radius 3 is 2.62 bits per heavy atom. The Balaban J connectivity index is 1.73. The van der Waals surface area contributed by atoms with Crippen LogP contribution in [0.1, 0.15) is 18.4 Å². The van der Waals surface area contributed by atoms with Gasteiger partial charge in [0.25, 0.3) is 0 Å². The summed E-state index contributed by atoms with van der Waals surface area (Å²) in [6.07, 6.45) is 1.12. The van der Waals surface area contributed by atoms with Gasteiger partial charge >= 0.3 is 0 Å². The van der Waals surface area contributed by atoms with E-state index in [-0.39, 0.29) is 5.91 Å². The molecule has 0 unspecified atom stereocenters. The third-order valence-corrected chi connectivity index (χ3v) is 3.74. The molecule has 4 heteroatoms. The molecule has 0 spiro atoms. The highest BCUT2D eigenvalue weighted by atomic mass is 79.9. The Labute approximate surface area is 133 Å². The lowest BCUT2D eigenvalue weighted by atomic mass is 10.2. The van der Waals surface area contributed by atoms with Crippen molar-refractivity contribution in [1.82, 2.24) is 0 Å². The summed E-state index contributed by atoms with van der Waals surface area (Å²) in [5.74, 6) is 0.874. The van der Waals surface area contributed by atoms with Crippen LogP contribution in [0.4, 0.5) is 5.69 Å². The average Bonchev–Trinajstić information content (AvgIpc) is 2.48. The average molecular weight is 348 g/mol. The molecule has 0 aliphatic rings. The van der Waals surface area contributed by atoms with Crippen molar-refractivity contribution in [2.75, 3.05) is 11.9 Å². The monoisotopic (exact) mass is 347 g/mol. The molecule has 0 atom stereocenters. The number of anilines is 1. The summed E-state index contributed by atoms with van der Waals surface area (Å²) in [6, 6.07) is 15.4. The first-order chi connectivity index (χ1) is 10.2. The van der Waals surface area contributed by atoms with E-state index in [1.54, 1.807) is 0 Å². The summed E-state index contributed by atoms with van der Waals surface area (Å²) in [5.41, 5.74) is 1.90. The van der Waals surface area contributed by atoms with Crippen LogP contribution in [0, 0.1) is 6.92 Å². The van der Waals surface area contributed by atoms with E-state index < -0.39 is 0 Å². The van der Waals surface area contributed by atoms with Gasteiger partial charge in [-0.25, -0.2) is 0 Å². The standard InChI is InChI=1S/C17H18BrNO2/c1-13-7-2-5-10-16(13)21-12-6-11-17(20)19-15-9-4-3-8-14(15)18/h2-5,7-10H,6,11-12H2,1H3,(H,19,20). The third-order valence-electron chi connectivity index (χ3n) is 3.05. The number of para-hydroxylation sites is 2. The zero-order valence-electron chi connectivity index (χ0n) is 11.9. The molecule has 1 amide bonds. The molecule has 2 rings (SSSR count). The fraction of sp³-hybridized carbons (Fsp3) is 0.235. The molecule has 0 radical (unpaired) electrons. The van der Waals surface area contributed by atoms with Gasteiger partial charge in [-0.3, -0.25) is 4.79 Å². The van der Waals surface area contributed by atoms with Crippen LogP contribution in [0.2, 0.25) is 0 Å². The molecule has 0 aliphatic carbocycles. The van der Waals surface area contributed by atoms with Crippen LogP contribution in [-0.2, 0) is 4.79 Å². The number of benzene rings is 2. The van der Waals surface area contributed by atoms with E-state index in [9.17, 15) is 4.79 Å². The van der Waals surface area contributed by atoms with Crippen LogP contribution in [0.3, 0.4) is 0 Å². The van der Waals surface area contributed by atoms with Crippen molar-refractivity contribution >= 4 is 27.5 Å². The lowest BCUT2D eigenvalue weighted by Gasteiger charge is -2.09. The zero-order valence-corrected chi connectivity index (χ0v) is 13.5. The number of hydrogen-bond donors (Lipinski definition) is 1. The normalized spacial score (nSPS) is 10.2. The molecule has 0 fully saturated rings. The molecule has 2 aromatic carbocycles. The molecule has 0 bridgehead atoms. The molecular weight excluding hydrogens is 330 g/mol. The molecular formula is C17H18BrNO2. The van der Waals surface area contributed by atoms with E-state index in [0.717, 1.165) is 21.5 Å². The van der Waals surface area contributed by atoms with Crippen LogP contribution >= 0.6 is 15.9 Å². The fourth-order valence-corrected chi connectivity index (χ4v) is 2.29. The molecule has 0 aromatic heterocycles. The van der Waals surface area contributed by atoms with Gasteiger partial charge in [0.05, 0.1) is 12.3 Å². The van der Waals surface area contributed by atoms with Crippen molar-refractivity contribution in [1.29, 1.82) is 0 Å². The summed E-state index contributed by atoms with van der Waals surface area (Å²) >= 11 is 3.41. The van der Waals surface area contributed by atoms with Crippen molar-refractivity contribution < 1.29 is 9.53 Å². The molecule has 21 heavy (non-hydrogen) atoms. The molecule has 0 saturated heterocycles. The number of ether oxygens (including phenoxy) is 1. The van der Waals surface area contributed by atoms with Gasteiger partial charge in [-0.05, 0) is 53.0 Å². The third kappa shape index (κ3) is 4.90. The predicted octanol–water partition coefficient (Wildman–Crippen LogP) is 4.56. The number of carbonyl (C=O) groups is 1. The van der Waals surface area contributed by atoms with Gasteiger partial charge in [0.1, 0.15) is 5.75 Å². The minimum atomic E-state index is -0.00437. The van der Waals surface area contributed by atoms with Gasteiger partial charge in [-0.1, -0.05) is 30.3 Å². The lowest BCUT2D eigenvalue weighted by Crippen LogP contribution is -2.13. The Bertz CT molecular complexity index is 613. The van der Waals surface area contributed by atoms with Gasteiger partial charge < -0.3 is 10.1 Å². The zero-order chi connectivity index (χ0) is 15.1. The summed E-state index contributed by atoms with van der Waals surface area (Å²) in [6.45, 7) is 2.54. The summed E-state index contributed by atoms with van der Waals surface area (Å²) < 4.78 is 6.56. The van der Waals surface area contributed by atoms with E-state index in [4.69, 9.17) is 4.74 Å². The molecule has 0 aliphatic heterocycles. The van der Waals surface area contributed by atoms with E-state index >= 15 is 0 Å². The quantitative estimate of drug-likeness (QED) is 0.778. The largest absolute Gasteiger partial charge is 0.493 e. The van der Waals surface area contributed by atoms with Crippen molar-refractivity contribution in [3.05, 3.63) is 58.6 Å². The SMILES string of the molecule is Cc1ccccc1OCCCC(=O)Nc1ccccc1Br. The maximum Gasteiger partial charge on any atom is 0.224 e. The Morgan fingerprint density at radius 1 is 1.14 bits per heavy atom. The molecule has 0 saturated carbocycles. The minimum Gasteiger partial charge on any atom is -0.493 e. The smallest absolute Gasteiger partial charge is 0.224 e. The Kier molecular flexibility index (Phi) is 5.81. The maximum absolute atomic E-state index is 11.9. The van der Waals surface area contributed by atoms with E-state index in [0.29, 0.717) is 19.4 Å². The van der Waals surface area contributed by atoms with Crippen molar-refractivity contribution in [3.63, 3.8) is 0 Å². The van der Waals surface area contributed by atoms with Gasteiger partial charge in [0.15, 0.2) is 0 Å². The second kappa shape index (κ2) is 7.84. The van der Waals surface area contributed by atoms with Crippen molar-refractivity contribution in [3.8, 4) is 5.75 Å². The van der Waals surface area contributed by atoms with E-state index in [2.05, 4.69) is 21.2 Å². The second-order valence-electron chi connectivity index (χ2n) is 4.75. The lowest BCUT2D eigenvalue weighted by molar-refractivity contribution is -0.116. The summed E-state index contributed by atoms with van der Waals surface area (Å²) in [5, 5.41) is 2.88. The van der Waals surface area contributed by atoms with E-state index in [1.807, 2.05) is 55.5 Å². The topological polar surface area (TPSA) is 38.3 Å². The summed E-state index contributed by atoms with van der Waals surface area (Å²) in [4.78, 5) is 11.9. The molecule has 3 nitrogen and oxygen atoms in total. The maximum atomic E-state index is 11.9. The van der Waals surface area contributed by atoms with Gasteiger partial charge in [-0.2, -0.15) is 0 Å². The number of halogens is 1. The van der Waals surface area contributed by atoms with Crippen LogP contribution in [0.5, 0.6) is 5.75 Å².